The Morgan fingerprint density at radius 3 is 2.64 bits per heavy atom. The molecule has 1 rings (SSSR count). The van der Waals surface area contributed by atoms with Crippen molar-refractivity contribution in [1.82, 2.24) is 15.5 Å². The number of carbonyl (C=O) groups excluding carboxylic acids is 2. The summed E-state index contributed by atoms with van der Waals surface area (Å²) in [5, 5.41) is 12.6. The fourth-order valence-corrected chi connectivity index (χ4v) is 1.21. The van der Waals surface area contributed by atoms with Crippen LogP contribution < -0.4 is 10.6 Å². The zero-order chi connectivity index (χ0) is 10.6. The highest BCUT2D eigenvalue weighted by Gasteiger charge is 2.09. The molecular formula is C6H8N4O3S. The summed E-state index contributed by atoms with van der Waals surface area (Å²) >= 11 is 1.20. The standard InChI is InChI=1S/C6H8N4O3S/c1-3-9-10-5(14-3)7-4(11)8-6(12)13-2/h1-2H3,(H2,7,8,10,11,12). The largest absolute Gasteiger partial charge is 0.453 e. The Morgan fingerprint density at radius 1 is 1.43 bits per heavy atom. The Kier molecular flexibility index (Phi) is 3.35. The number of nitrogens with one attached hydrogen (secondary N) is 2. The van der Waals surface area contributed by atoms with Gasteiger partial charge in [-0.2, -0.15) is 0 Å². The first kappa shape index (κ1) is 10.4. The number of hydrogen-bond acceptors (Lipinski definition) is 6. The number of aromatic nitrogens is 2. The van der Waals surface area contributed by atoms with Crippen LogP contribution in [0.15, 0.2) is 0 Å². The van der Waals surface area contributed by atoms with Crippen molar-refractivity contribution in [2.45, 2.75) is 6.92 Å². The molecule has 8 heteroatoms. The van der Waals surface area contributed by atoms with Crippen molar-refractivity contribution in [2.75, 3.05) is 12.4 Å². The van der Waals surface area contributed by atoms with E-state index in [4.69, 9.17) is 0 Å². The highest BCUT2D eigenvalue weighted by molar-refractivity contribution is 7.15. The molecule has 0 bridgehead atoms. The van der Waals surface area contributed by atoms with Crippen molar-refractivity contribution in [3.63, 3.8) is 0 Å². The van der Waals surface area contributed by atoms with Crippen molar-refractivity contribution >= 4 is 28.6 Å². The first-order valence-corrected chi connectivity index (χ1v) is 4.39. The zero-order valence-corrected chi connectivity index (χ0v) is 8.34. The van der Waals surface area contributed by atoms with E-state index < -0.39 is 12.1 Å². The van der Waals surface area contributed by atoms with Gasteiger partial charge >= 0.3 is 12.1 Å². The number of amides is 3. The molecular weight excluding hydrogens is 208 g/mol. The summed E-state index contributed by atoms with van der Waals surface area (Å²) in [7, 11) is 1.16. The number of carbonyl (C=O) groups is 2. The van der Waals surface area contributed by atoms with Crippen molar-refractivity contribution in [3.8, 4) is 0 Å². The summed E-state index contributed by atoms with van der Waals surface area (Å²) in [5.74, 6) is 0. The van der Waals surface area contributed by atoms with E-state index in [1.807, 2.05) is 5.32 Å². The van der Waals surface area contributed by atoms with Gasteiger partial charge in [-0.1, -0.05) is 11.3 Å². The average molecular weight is 216 g/mol. The zero-order valence-electron chi connectivity index (χ0n) is 7.53. The highest BCUT2D eigenvalue weighted by atomic mass is 32.1. The molecule has 0 unspecified atom stereocenters. The summed E-state index contributed by atoms with van der Waals surface area (Å²) < 4.78 is 4.22. The molecule has 0 spiro atoms. The molecule has 0 saturated carbocycles. The topological polar surface area (TPSA) is 93.2 Å². The van der Waals surface area contributed by atoms with Gasteiger partial charge in [-0.15, -0.1) is 10.2 Å². The third kappa shape index (κ3) is 2.98. The number of hydrogen-bond donors (Lipinski definition) is 2. The summed E-state index contributed by atoms with van der Waals surface area (Å²) in [6.07, 6.45) is -0.830. The normalized spacial score (nSPS) is 9.29. The summed E-state index contributed by atoms with van der Waals surface area (Å²) in [6.45, 7) is 1.75. The van der Waals surface area contributed by atoms with E-state index in [1.54, 1.807) is 6.92 Å². The predicted molar refractivity (Wildman–Crippen MR) is 49.2 cm³/mol. The van der Waals surface area contributed by atoms with E-state index >= 15 is 0 Å². The molecule has 0 aromatic carbocycles. The summed E-state index contributed by atoms with van der Waals surface area (Å²) in [5.41, 5.74) is 0. The van der Waals surface area contributed by atoms with Crippen molar-refractivity contribution < 1.29 is 14.3 Å². The van der Waals surface area contributed by atoms with Crippen LogP contribution in [0.25, 0.3) is 0 Å². The number of aryl methyl sites for hydroxylation is 1. The summed E-state index contributed by atoms with van der Waals surface area (Å²) in [6, 6.07) is -0.701. The van der Waals surface area contributed by atoms with Gasteiger partial charge in [0.1, 0.15) is 5.01 Å². The number of nitrogens with zero attached hydrogens (tertiary/aromatic N) is 2. The molecule has 0 atom stereocenters. The summed E-state index contributed by atoms with van der Waals surface area (Å²) in [4.78, 5) is 21.6. The molecule has 2 N–H and O–H groups in total. The van der Waals surface area contributed by atoms with E-state index in [0.29, 0.717) is 5.13 Å². The fraction of sp³-hybridized carbons (Fsp3) is 0.333. The molecule has 1 aromatic rings. The molecule has 0 fully saturated rings. The highest BCUT2D eigenvalue weighted by Crippen LogP contribution is 2.12. The number of ether oxygens (including phenoxy) is 1. The molecule has 0 saturated heterocycles. The molecule has 76 valence electrons. The van der Waals surface area contributed by atoms with Gasteiger partial charge < -0.3 is 4.74 Å². The van der Waals surface area contributed by atoms with Crippen LogP contribution in [0.5, 0.6) is 0 Å². The first-order chi connectivity index (χ1) is 6.61. The van der Waals surface area contributed by atoms with E-state index in [-0.39, 0.29) is 0 Å². The van der Waals surface area contributed by atoms with Crippen LogP contribution in [0.1, 0.15) is 5.01 Å². The third-order valence-corrected chi connectivity index (χ3v) is 1.90. The molecule has 1 aromatic heterocycles. The lowest BCUT2D eigenvalue weighted by molar-refractivity contribution is 0.172. The Hall–Kier alpha value is -1.70. The number of methoxy groups -OCH3 is 1. The lowest BCUT2D eigenvalue weighted by Crippen LogP contribution is -2.34. The van der Waals surface area contributed by atoms with Gasteiger partial charge in [0.15, 0.2) is 0 Å². The van der Waals surface area contributed by atoms with Crippen LogP contribution >= 0.6 is 11.3 Å². The third-order valence-electron chi connectivity index (χ3n) is 1.15. The van der Waals surface area contributed by atoms with Gasteiger partial charge in [0.25, 0.3) is 0 Å². The van der Waals surface area contributed by atoms with Crippen LogP contribution in [-0.2, 0) is 4.74 Å². The van der Waals surface area contributed by atoms with Crippen LogP contribution in [0.4, 0.5) is 14.7 Å². The minimum absolute atomic E-state index is 0.323. The molecule has 14 heavy (non-hydrogen) atoms. The number of anilines is 1. The molecule has 0 aliphatic rings. The Bertz CT molecular complexity index is 351. The van der Waals surface area contributed by atoms with E-state index in [0.717, 1.165) is 12.1 Å². The molecule has 3 amide bonds. The van der Waals surface area contributed by atoms with Gasteiger partial charge in [-0.25, -0.2) is 14.9 Å². The lowest BCUT2D eigenvalue weighted by Gasteiger charge is -2.01. The minimum atomic E-state index is -0.830. The number of alkyl carbamates (subject to hydrolysis) is 1. The van der Waals surface area contributed by atoms with Gasteiger partial charge in [0.2, 0.25) is 5.13 Å². The van der Waals surface area contributed by atoms with Crippen LogP contribution in [0, 0.1) is 6.92 Å². The van der Waals surface area contributed by atoms with Gasteiger partial charge in [-0.3, -0.25) is 5.32 Å². The van der Waals surface area contributed by atoms with Gasteiger partial charge in [-0.05, 0) is 6.92 Å². The monoisotopic (exact) mass is 216 g/mol. The van der Waals surface area contributed by atoms with Crippen LogP contribution in [0.2, 0.25) is 0 Å². The second-order valence-electron chi connectivity index (χ2n) is 2.20. The quantitative estimate of drug-likeness (QED) is 0.722. The number of rotatable bonds is 1. The van der Waals surface area contributed by atoms with Crippen molar-refractivity contribution in [3.05, 3.63) is 5.01 Å². The maximum atomic E-state index is 11.0. The molecule has 0 aliphatic heterocycles. The van der Waals surface area contributed by atoms with Crippen LogP contribution in [0.3, 0.4) is 0 Å². The second-order valence-corrected chi connectivity index (χ2v) is 3.38. The van der Waals surface area contributed by atoms with E-state index in [2.05, 4.69) is 20.3 Å². The molecule has 0 aliphatic carbocycles. The van der Waals surface area contributed by atoms with Gasteiger partial charge in [0.05, 0.1) is 7.11 Å². The average Bonchev–Trinajstić information content (AvgIpc) is 2.50. The Balaban J connectivity index is 2.45. The molecule has 0 radical (unpaired) electrons. The second kappa shape index (κ2) is 4.51. The lowest BCUT2D eigenvalue weighted by atomic mass is 10.9. The smallest absolute Gasteiger partial charge is 0.415 e. The maximum absolute atomic E-state index is 11.0. The van der Waals surface area contributed by atoms with Crippen molar-refractivity contribution in [1.29, 1.82) is 0 Å². The van der Waals surface area contributed by atoms with Crippen LogP contribution in [-0.4, -0.2) is 29.4 Å². The number of urea groups is 1. The van der Waals surface area contributed by atoms with E-state index in [1.165, 1.54) is 11.3 Å². The SMILES string of the molecule is COC(=O)NC(=O)Nc1nnc(C)s1. The van der Waals surface area contributed by atoms with Crippen molar-refractivity contribution in [2.24, 2.45) is 0 Å². The Morgan fingerprint density at radius 2 is 2.14 bits per heavy atom. The molecule has 7 nitrogen and oxygen atoms in total. The number of imide groups is 1. The predicted octanol–water partition coefficient (Wildman–Crippen LogP) is 0.734. The van der Waals surface area contributed by atoms with E-state index in [9.17, 15) is 9.59 Å². The fourth-order valence-electron chi connectivity index (χ4n) is 0.619. The first-order valence-electron chi connectivity index (χ1n) is 3.58. The minimum Gasteiger partial charge on any atom is -0.453 e. The molecule has 1 heterocycles. The maximum Gasteiger partial charge on any atom is 0.415 e. The Labute approximate surface area is 83.5 Å². The van der Waals surface area contributed by atoms with Gasteiger partial charge in [0, 0.05) is 0 Å².